The first-order chi connectivity index (χ1) is 8.83. The Balaban J connectivity index is 1.63. The lowest BCUT2D eigenvalue weighted by atomic mass is 10.2. The van der Waals surface area contributed by atoms with Crippen LogP contribution in [-0.2, 0) is 6.54 Å². The van der Waals surface area contributed by atoms with Gasteiger partial charge in [-0.1, -0.05) is 11.6 Å². The van der Waals surface area contributed by atoms with Gasteiger partial charge in [-0.15, -0.1) is 0 Å². The number of ether oxygens (including phenoxy) is 1. The van der Waals surface area contributed by atoms with E-state index >= 15 is 0 Å². The van der Waals surface area contributed by atoms with E-state index in [0.29, 0.717) is 17.3 Å². The summed E-state index contributed by atoms with van der Waals surface area (Å²) < 4.78 is 7.77. The van der Waals surface area contributed by atoms with Crippen molar-refractivity contribution >= 4 is 11.6 Å². The van der Waals surface area contributed by atoms with Gasteiger partial charge in [0, 0.05) is 6.04 Å². The third-order valence-electron chi connectivity index (χ3n) is 3.90. The highest BCUT2D eigenvalue weighted by atomic mass is 35.5. The second-order valence-corrected chi connectivity index (χ2v) is 5.66. The van der Waals surface area contributed by atoms with Gasteiger partial charge in [-0.25, -0.2) is 4.68 Å². The van der Waals surface area contributed by atoms with Crippen LogP contribution in [0.25, 0.3) is 0 Å². The molecule has 0 amide bonds. The molecule has 1 unspecified atom stereocenters. The fraction of sp³-hybridized carbons (Fsp3) is 0.769. The highest BCUT2D eigenvalue weighted by molar-refractivity contribution is 6.31. The largest absolute Gasteiger partial charge is 0.486 e. The molecule has 2 fully saturated rings. The quantitative estimate of drug-likeness (QED) is 0.913. The van der Waals surface area contributed by atoms with Gasteiger partial charge in [-0.2, -0.15) is 5.10 Å². The average molecular weight is 270 g/mol. The van der Waals surface area contributed by atoms with Gasteiger partial charge in [0.05, 0.1) is 18.8 Å². The first-order valence-corrected chi connectivity index (χ1v) is 7.32. The lowest BCUT2D eigenvalue weighted by Crippen LogP contribution is -2.27. The molecule has 1 aromatic heterocycles. The van der Waals surface area contributed by atoms with Crippen LogP contribution in [0, 0.1) is 0 Å². The van der Waals surface area contributed by atoms with Crippen LogP contribution in [0.5, 0.6) is 5.75 Å². The molecule has 1 aliphatic carbocycles. The zero-order valence-corrected chi connectivity index (χ0v) is 11.3. The van der Waals surface area contributed by atoms with Gasteiger partial charge in [0.15, 0.2) is 10.9 Å². The molecule has 100 valence electrons. The predicted octanol–water partition coefficient (Wildman–Crippen LogP) is 2.61. The summed E-state index contributed by atoms with van der Waals surface area (Å²) in [5, 5.41) is 8.44. The Morgan fingerprint density at radius 1 is 1.33 bits per heavy atom. The molecule has 5 heteroatoms. The summed E-state index contributed by atoms with van der Waals surface area (Å²) in [5.41, 5.74) is 0. The van der Waals surface area contributed by atoms with Crippen molar-refractivity contribution in [1.82, 2.24) is 15.1 Å². The van der Waals surface area contributed by atoms with Crippen LogP contribution < -0.4 is 10.1 Å². The van der Waals surface area contributed by atoms with Crippen molar-refractivity contribution in [3.05, 3.63) is 11.3 Å². The van der Waals surface area contributed by atoms with Crippen molar-refractivity contribution < 1.29 is 4.74 Å². The highest BCUT2D eigenvalue weighted by Gasteiger charge is 2.21. The third kappa shape index (κ3) is 2.64. The molecule has 1 aromatic rings. The standard InChI is InChI=1S/C13H20ClN3O/c14-13-12(18-11-5-1-2-6-11)8-16-17(13)9-10-4-3-7-15-10/h8,10-11,15H,1-7,9H2. The van der Waals surface area contributed by atoms with Crippen molar-refractivity contribution in [3.63, 3.8) is 0 Å². The van der Waals surface area contributed by atoms with E-state index in [2.05, 4.69) is 10.4 Å². The Morgan fingerprint density at radius 2 is 2.17 bits per heavy atom. The molecule has 0 aromatic carbocycles. The molecule has 0 spiro atoms. The summed E-state index contributed by atoms with van der Waals surface area (Å²) in [6.07, 6.45) is 9.37. The van der Waals surface area contributed by atoms with Crippen LogP contribution in [0.15, 0.2) is 6.20 Å². The van der Waals surface area contributed by atoms with Crippen LogP contribution in [0.3, 0.4) is 0 Å². The topological polar surface area (TPSA) is 39.1 Å². The Morgan fingerprint density at radius 3 is 2.89 bits per heavy atom. The van der Waals surface area contributed by atoms with Gasteiger partial charge in [0.1, 0.15) is 0 Å². The number of halogens is 1. The summed E-state index contributed by atoms with van der Waals surface area (Å²) in [5.74, 6) is 0.751. The maximum Gasteiger partial charge on any atom is 0.176 e. The SMILES string of the molecule is Clc1c(OC2CCCC2)cnn1CC1CCCN1. The van der Waals surface area contributed by atoms with Crippen LogP contribution in [-0.4, -0.2) is 28.5 Å². The lowest BCUT2D eigenvalue weighted by Gasteiger charge is -2.13. The normalized spacial score (nSPS) is 24.8. The van der Waals surface area contributed by atoms with E-state index in [1.54, 1.807) is 6.20 Å². The minimum Gasteiger partial charge on any atom is -0.486 e. The van der Waals surface area contributed by atoms with Crippen molar-refractivity contribution in [1.29, 1.82) is 0 Å². The van der Waals surface area contributed by atoms with Gasteiger partial charge < -0.3 is 10.1 Å². The van der Waals surface area contributed by atoms with E-state index in [-0.39, 0.29) is 0 Å². The summed E-state index contributed by atoms with van der Waals surface area (Å²) in [4.78, 5) is 0. The summed E-state index contributed by atoms with van der Waals surface area (Å²) in [7, 11) is 0. The monoisotopic (exact) mass is 269 g/mol. The fourth-order valence-corrected chi connectivity index (χ4v) is 3.07. The third-order valence-corrected chi connectivity index (χ3v) is 4.28. The summed E-state index contributed by atoms with van der Waals surface area (Å²) in [6, 6.07) is 0.502. The maximum atomic E-state index is 6.33. The molecule has 0 radical (unpaired) electrons. The Hall–Kier alpha value is -0.740. The van der Waals surface area contributed by atoms with E-state index in [0.717, 1.165) is 31.7 Å². The first kappa shape index (κ1) is 12.3. The number of nitrogens with one attached hydrogen (secondary N) is 1. The summed E-state index contributed by atoms with van der Waals surface area (Å²) >= 11 is 6.33. The fourth-order valence-electron chi connectivity index (χ4n) is 2.87. The second kappa shape index (κ2) is 5.49. The van der Waals surface area contributed by atoms with Crippen LogP contribution >= 0.6 is 11.6 Å². The summed E-state index contributed by atoms with van der Waals surface area (Å²) in [6.45, 7) is 1.95. The van der Waals surface area contributed by atoms with Crippen molar-refractivity contribution in [2.75, 3.05) is 6.54 Å². The van der Waals surface area contributed by atoms with Crippen LogP contribution in [0.4, 0.5) is 0 Å². The minimum atomic E-state index is 0.338. The lowest BCUT2D eigenvalue weighted by molar-refractivity contribution is 0.210. The van der Waals surface area contributed by atoms with E-state index < -0.39 is 0 Å². The number of hydrogen-bond acceptors (Lipinski definition) is 3. The second-order valence-electron chi connectivity index (χ2n) is 5.30. The van der Waals surface area contributed by atoms with Gasteiger partial charge in [0.25, 0.3) is 0 Å². The van der Waals surface area contributed by atoms with E-state index in [4.69, 9.17) is 16.3 Å². The molecule has 1 saturated carbocycles. The molecule has 1 saturated heterocycles. The van der Waals surface area contributed by atoms with Gasteiger partial charge in [-0.05, 0) is 45.1 Å². The van der Waals surface area contributed by atoms with Crippen molar-refractivity contribution in [3.8, 4) is 5.75 Å². The molecule has 18 heavy (non-hydrogen) atoms. The molecule has 1 aliphatic heterocycles. The molecule has 1 N–H and O–H groups in total. The zero-order valence-electron chi connectivity index (χ0n) is 10.6. The molecule has 2 heterocycles. The van der Waals surface area contributed by atoms with Gasteiger partial charge in [-0.3, -0.25) is 0 Å². The first-order valence-electron chi connectivity index (χ1n) is 6.94. The minimum absolute atomic E-state index is 0.338. The van der Waals surface area contributed by atoms with E-state index in [1.807, 2.05) is 4.68 Å². The van der Waals surface area contributed by atoms with Gasteiger partial charge in [0.2, 0.25) is 0 Å². The van der Waals surface area contributed by atoms with Gasteiger partial charge >= 0.3 is 0 Å². The van der Waals surface area contributed by atoms with Crippen LogP contribution in [0.1, 0.15) is 38.5 Å². The predicted molar refractivity (Wildman–Crippen MR) is 71.1 cm³/mol. The van der Waals surface area contributed by atoms with Crippen LogP contribution in [0.2, 0.25) is 5.15 Å². The average Bonchev–Trinajstić information content (AvgIpc) is 3.08. The Labute approximate surface area is 113 Å². The Kier molecular flexibility index (Phi) is 3.75. The number of rotatable bonds is 4. The number of nitrogens with zero attached hydrogens (tertiary/aromatic N) is 2. The number of hydrogen-bond donors (Lipinski definition) is 1. The molecular formula is C13H20ClN3O. The smallest absolute Gasteiger partial charge is 0.176 e. The van der Waals surface area contributed by atoms with E-state index in [1.165, 1.54) is 25.7 Å². The van der Waals surface area contributed by atoms with E-state index in [9.17, 15) is 0 Å². The zero-order chi connectivity index (χ0) is 12.4. The molecule has 2 aliphatic rings. The molecular weight excluding hydrogens is 250 g/mol. The Bertz CT molecular complexity index is 359. The van der Waals surface area contributed by atoms with Crippen molar-refractivity contribution in [2.24, 2.45) is 0 Å². The van der Waals surface area contributed by atoms with Crippen molar-refractivity contribution in [2.45, 2.75) is 57.2 Å². The molecule has 0 bridgehead atoms. The number of aromatic nitrogens is 2. The molecule has 3 rings (SSSR count). The molecule has 1 atom stereocenters. The molecule has 4 nitrogen and oxygen atoms in total. The highest BCUT2D eigenvalue weighted by Crippen LogP contribution is 2.29. The maximum absolute atomic E-state index is 6.33.